The third-order valence-corrected chi connectivity index (χ3v) is 6.11. The van der Waals surface area contributed by atoms with Crippen LogP contribution in [0, 0.1) is 0 Å². The third-order valence-electron chi connectivity index (χ3n) is 5.86. The Morgan fingerprint density at radius 1 is 0.812 bits per heavy atom. The lowest BCUT2D eigenvalue weighted by atomic mass is 10.2. The van der Waals surface area contributed by atoms with Crippen molar-refractivity contribution in [2.75, 3.05) is 5.73 Å². The van der Waals surface area contributed by atoms with Gasteiger partial charge in [-0.2, -0.15) is 0 Å². The van der Waals surface area contributed by atoms with Crippen molar-refractivity contribution in [1.29, 1.82) is 0 Å². The first-order valence-electron chi connectivity index (χ1n) is 10.3. The molecule has 0 unspecified atom stereocenters. The molecule has 0 aliphatic carbocycles. The molecule has 0 bridgehead atoms. The normalized spacial score (nSPS) is 11.7. The van der Waals surface area contributed by atoms with Gasteiger partial charge in [-0.05, 0) is 42.0 Å². The minimum absolute atomic E-state index is 0.552. The maximum absolute atomic E-state index is 6.78. The Labute approximate surface area is 188 Å². The van der Waals surface area contributed by atoms with E-state index in [9.17, 15) is 0 Å². The van der Waals surface area contributed by atoms with Crippen LogP contribution < -0.4 is 5.73 Å². The lowest BCUT2D eigenvalue weighted by Gasteiger charge is -2.08. The van der Waals surface area contributed by atoms with Crippen LogP contribution in [0.3, 0.4) is 0 Å². The minimum atomic E-state index is 0.552. The van der Waals surface area contributed by atoms with Crippen molar-refractivity contribution in [3.63, 3.8) is 0 Å². The Bertz CT molecular complexity index is 1630. The SMILES string of the molecule is Cn1c(-c2c(N)n(Cc3ccc(Cl)cc3)c3nc4ccccc4nc23)nc2ccccc21. The van der Waals surface area contributed by atoms with Crippen LogP contribution in [0.1, 0.15) is 5.56 Å². The zero-order valence-electron chi connectivity index (χ0n) is 17.3. The molecule has 156 valence electrons. The van der Waals surface area contributed by atoms with Crippen molar-refractivity contribution < 1.29 is 0 Å². The van der Waals surface area contributed by atoms with E-state index in [0.29, 0.717) is 17.4 Å². The number of nitrogen functional groups attached to an aromatic ring is 1. The molecule has 3 heterocycles. The Balaban J connectivity index is 1.67. The van der Waals surface area contributed by atoms with E-state index in [1.165, 1.54) is 0 Å². The summed E-state index contributed by atoms with van der Waals surface area (Å²) in [4.78, 5) is 14.8. The zero-order valence-corrected chi connectivity index (χ0v) is 18.1. The number of hydrogen-bond donors (Lipinski definition) is 1. The maximum Gasteiger partial charge on any atom is 0.162 e. The van der Waals surface area contributed by atoms with Crippen LogP contribution in [-0.4, -0.2) is 24.1 Å². The summed E-state index contributed by atoms with van der Waals surface area (Å²) in [5.41, 5.74) is 13.7. The summed E-state index contributed by atoms with van der Waals surface area (Å²) in [5, 5.41) is 0.699. The van der Waals surface area contributed by atoms with E-state index < -0.39 is 0 Å². The molecule has 3 aromatic heterocycles. The van der Waals surface area contributed by atoms with Crippen LogP contribution in [0.5, 0.6) is 0 Å². The number of anilines is 1. The predicted octanol–water partition coefficient (Wildman–Crippen LogP) is 5.42. The lowest BCUT2D eigenvalue weighted by molar-refractivity contribution is 0.837. The molecule has 0 amide bonds. The smallest absolute Gasteiger partial charge is 0.162 e. The summed E-state index contributed by atoms with van der Waals surface area (Å²) in [7, 11) is 2.00. The summed E-state index contributed by atoms with van der Waals surface area (Å²) < 4.78 is 4.07. The average Bonchev–Trinajstić information content (AvgIpc) is 3.27. The van der Waals surface area contributed by atoms with Crippen LogP contribution in [0.2, 0.25) is 5.02 Å². The first-order chi connectivity index (χ1) is 15.6. The lowest BCUT2D eigenvalue weighted by Crippen LogP contribution is -2.06. The van der Waals surface area contributed by atoms with E-state index in [1.807, 2.05) is 78.3 Å². The Morgan fingerprint density at radius 3 is 2.19 bits per heavy atom. The van der Waals surface area contributed by atoms with E-state index >= 15 is 0 Å². The summed E-state index contributed by atoms with van der Waals surface area (Å²) in [6.07, 6.45) is 0. The molecule has 0 fully saturated rings. The molecule has 0 aliphatic rings. The molecule has 0 saturated heterocycles. The molecule has 32 heavy (non-hydrogen) atoms. The van der Waals surface area contributed by atoms with E-state index in [2.05, 4.69) is 10.6 Å². The van der Waals surface area contributed by atoms with E-state index in [4.69, 9.17) is 32.3 Å². The highest BCUT2D eigenvalue weighted by Gasteiger charge is 2.24. The first-order valence-corrected chi connectivity index (χ1v) is 10.7. The van der Waals surface area contributed by atoms with Gasteiger partial charge in [-0.15, -0.1) is 0 Å². The van der Waals surface area contributed by atoms with Crippen LogP contribution in [0.15, 0.2) is 72.8 Å². The standard InChI is InChI=1S/C25H19ClN6/c1-31-20-9-5-4-8-19(20)30-24(31)21-22-25(29-18-7-3-2-6-17(18)28-22)32(23(21)27)14-15-10-12-16(26)13-11-15/h2-13H,14,27H2,1H3. The van der Waals surface area contributed by atoms with Crippen molar-refractivity contribution in [1.82, 2.24) is 24.1 Å². The van der Waals surface area contributed by atoms with Crippen LogP contribution >= 0.6 is 11.6 Å². The number of benzene rings is 3. The van der Waals surface area contributed by atoms with Gasteiger partial charge in [0.15, 0.2) is 5.65 Å². The molecule has 7 heteroatoms. The van der Waals surface area contributed by atoms with Gasteiger partial charge in [0.05, 0.1) is 34.2 Å². The number of imidazole rings is 1. The van der Waals surface area contributed by atoms with Crippen molar-refractivity contribution >= 4 is 50.6 Å². The van der Waals surface area contributed by atoms with Crippen molar-refractivity contribution in [2.24, 2.45) is 7.05 Å². The maximum atomic E-state index is 6.78. The highest BCUT2D eigenvalue weighted by molar-refractivity contribution is 6.30. The Kier molecular flexibility index (Phi) is 4.16. The molecule has 6 rings (SSSR count). The quantitative estimate of drug-likeness (QED) is 0.400. The van der Waals surface area contributed by atoms with Crippen molar-refractivity contribution in [2.45, 2.75) is 6.54 Å². The van der Waals surface area contributed by atoms with Gasteiger partial charge in [0.1, 0.15) is 17.2 Å². The van der Waals surface area contributed by atoms with Gasteiger partial charge >= 0.3 is 0 Å². The number of aromatic nitrogens is 5. The van der Waals surface area contributed by atoms with E-state index in [0.717, 1.165) is 50.2 Å². The third kappa shape index (κ3) is 2.84. The summed E-state index contributed by atoms with van der Waals surface area (Å²) in [6, 6.07) is 23.7. The van der Waals surface area contributed by atoms with E-state index in [-0.39, 0.29) is 0 Å². The van der Waals surface area contributed by atoms with Crippen molar-refractivity contribution in [3.05, 3.63) is 83.4 Å². The molecule has 6 aromatic rings. The molecule has 2 N–H and O–H groups in total. The molecule has 3 aromatic carbocycles. The van der Waals surface area contributed by atoms with Crippen LogP contribution in [-0.2, 0) is 13.6 Å². The molecule has 0 aliphatic heterocycles. The second kappa shape index (κ2) is 7.07. The Hall–Kier alpha value is -3.90. The summed E-state index contributed by atoms with van der Waals surface area (Å²) >= 11 is 6.08. The number of halogens is 1. The highest BCUT2D eigenvalue weighted by atomic mass is 35.5. The van der Waals surface area contributed by atoms with Gasteiger partial charge < -0.3 is 14.9 Å². The molecular weight excluding hydrogens is 420 g/mol. The fourth-order valence-electron chi connectivity index (χ4n) is 4.24. The minimum Gasteiger partial charge on any atom is -0.384 e. The molecule has 0 spiro atoms. The van der Waals surface area contributed by atoms with Gasteiger partial charge in [-0.3, -0.25) is 0 Å². The van der Waals surface area contributed by atoms with Gasteiger partial charge in [0.25, 0.3) is 0 Å². The number of aryl methyl sites for hydroxylation is 1. The first kappa shape index (κ1) is 18.8. The zero-order chi connectivity index (χ0) is 21.8. The fourth-order valence-corrected chi connectivity index (χ4v) is 4.37. The monoisotopic (exact) mass is 438 g/mol. The van der Waals surface area contributed by atoms with Crippen molar-refractivity contribution in [3.8, 4) is 11.4 Å². The fraction of sp³-hybridized carbons (Fsp3) is 0.0800. The number of rotatable bonds is 3. The number of para-hydroxylation sites is 4. The number of nitrogens with two attached hydrogens (primary N) is 1. The largest absolute Gasteiger partial charge is 0.384 e. The summed E-state index contributed by atoms with van der Waals surface area (Å²) in [6.45, 7) is 0.552. The van der Waals surface area contributed by atoms with Crippen LogP contribution in [0.25, 0.3) is 44.6 Å². The predicted molar refractivity (Wildman–Crippen MR) is 130 cm³/mol. The number of nitrogens with zero attached hydrogens (tertiary/aromatic N) is 5. The van der Waals surface area contributed by atoms with Gasteiger partial charge in [-0.1, -0.05) is 48.0 Å². The molecule has 0 radical (unpaired) electrons. The van der Waals surface area contributed by atoms with Gasteiger partial charge in [0, 0.05) is 12.1 Å². The summed E-state index contributed by atoms with van der Waals surface area (Å²) in [5.74, 6) is 1.36. The number of fused-ring (bicyclic) bond motifs is 3. The second-order valence-electron chi connectivity index (χ2n) is 7.84. The Morgan fingerprint density at radius 2 is 1.47 bits per heavy atom. The average molecular weight is 439 g/mol. The molecular formula is C25H19ClN6. The number of hydrogen-bond acceptors (Lipinski definition) is 4. The second-order valence-corrected chi connectivity index (χ2v) is 8.28. The molecule has 0 saturated carbocycles. The van der Waals surface area contributed by atoms with Crippen LogP contribution in [0.4, 0.5) is 5.82 Å². The molecule has 0 atom stereocenters. The van der Waals surface area contributed by atoms with Gasteiger partial charge in [0.2, 0.25) is 0 Å². The topological polar surface area (TPSA) is 74.5 Å². The highest BCUT2D eigenvalue weighted by Crippen LogP contribution is 2.37. The van der Waals surface area contributed by atoms with E-state index in [1.54, 1.807) is 0 Å². The van der Waals surface area contributed by atoms with Gasteiger partial charge in [-0.25, -0.2) is 15.0 Å². The molecule has 6 nitrogen and oxygen atoms in total.